The number of hydrogen-bond acceptors (Lipinski definition) is 21. The zero-order chi connectivity index (χ0) is 63.6. The zero-order valence-electron chi connectivity index (χ0n) is 48.0. The Morgan fingerprint density at radius 2 is 1.10 bits per heavy atom. The van der Waals surface area contributed by atoms with Crippen LogP contribution in [0.3, 0.4) is 0 Å². The van der Waals surface area contributed by atoms with E-state index in [0.29, 0.717) is 60.9 Å². The number of nitrogens with two attached hydrogens (primary N) is 1. The molecular weight excluding hydrogens is 1220 g/mol. The van der Waals surface area contributed by atoms with E-state index < -0.39 is 40.9 Å². The molecule has 10 N–H and O–H groups in total. The van der Waals surface area contributed by atoms with Crippen molar-refractivity contribution >= 4 is 109 Å². The number of benzene rings is 6. The standard InChI is InChI=1S/C9H6Cl2N2O.C9H7ClN2O2.C9H8N2O3.C8H7NO5.C8H9NO3.C8H11N.C5H6BNO2.Na.H2O/c1-14-5-2-3-7-6(4-5)8(10)13-9(11)12-7;1-14-5-2-3-7-6(4-5)8(13)12-9(10)11-7;1-14-5-2-3-7-6(4-5)8(12)11-9(13)10-7;1-14-5-2-3-7(9(12)13)6(4-5)8(10)11;1-12-5-2-3-7(9)6(4-5)8(10)11;1-9(2)8-6-4-3-5-7-8;8-6(9)5-2-1-3-7-4-5;;/h2-4H,1H3;2-4H,1H3,(H,11,12,13);2-4H,1H3,(H2,10,11,12,13);2-4H,1H3,(H,10,11);2-4H,9H2,1H3,(H,10,11);3-7H,1-2H3;1-4,8-9H;;1H2/q;;;;;;;+1;/p-1. The van der Waals surface area contributed by atoms with E-state index in [2.05, 4.69) is 51.9 Å². The van der Waals surface area contributed by atoms with Gasteiger partial charge in [0.25, 0.3) is 16.8 Å². The molecule has 10 aromatic rings. The summed E-state index contributed by atoms with van der Waals surface area (Å²) < 4.78 is 24.6. The molecule has 0 aliphatic carbocycles. The van der Waals surface area contributed by atoms with E-state index >= 15 is 0 Å². The van der Waals surface area contributed by atoms with E-state index in [-0.39, 0.29) is 73.7 Å². The third-order valence-corrected chi connectivity index (χ3v) is 11.7. The Balaban J connectivity index is 0.000000351. The van der Waals surface area contributed by atoms with Gasteiger partial charge in [-0.3, -0.25) is 34.7 Å². The molecule has 32 heteroatoms. The summed E-state index contributed by atoms with van der Waals surface area (Å²) in [5.74, 6) is 0.268. The van der Waals surface area contributed by atoms with Gasteiger partial charge in [0.2, 0.25) is 10.6 Å². The van der Waals surface area contributed by atoms with E-state index in [9.17, 15) is 34.1 Å². The van der Waals surface area contributed by atoms with Crippen LogP contribution >= 0.6 is 34.8 Å². The Morgan fingerprint density at radius 1 is 0.614 bits per heavy atom. The first-order valence-corrected chi connectivity index (χ1v) is 25.5. The fourth-order valence-electron chi connectivity index (χ4n) is 6.73. The molecule has 0 bridgehead atoms. The molecule has 27 nitrogen and oxygen atoms in total. The minimum Gasteiger partial charge on any atom is -0.870 e. The molecule has 0 fully saturated rings. The number of carboxylic acids is 2. The maximum atomic E-state index is 11.4. The SMILES string of the molecule is CN(C)c1ccccc1.COc1ccc(N)c(C(=O)O)c1.COc1ccc([N+](=O)[O-])c(C(=O)O)c1.COc1ccc2[nH]c(=O)[nH]c(=O)c2c1.COc1ccc2nc(Cl)[nH]c(=O)c2c1.COc1ccc2nc(Cl)nc(Cl)c2c1.OB(O)c1cccnc1.[Na+].[OH-]. The number of nitrogens with zero attached hydrogens (tertiary/aromatic N) is 6. The third kappa shape index (κ3) is 23.1. The van der Waals surface area contributed by atoms with Crippen LogP contribution in [0.25, 0.3) is 32.7 Å². The number of H-pyrrole nitrogens is 3. The largest absolute Gasteiger partial charge is 1.00 e. The van der Waals surface area contributed by atoms with Crippen molar-refractivity contribution in [3.05, 3.63) is 214 Å². The summed E-state index contributed by atoms with van der Waals surface area (Å²) >= 11 is 17.2. The Bertz CT molecular complexity index is 4060. The van der Waals surface area contributed by atoms with Crippen LogP contribution in [0.1, 0.15) is 20.7 Å². The smallest absolute Gasteiger partial charge is 0.870 e. The number of nitro benzene ring substituents is 1. The van der Waals surface area contributed by atoms with Gasteiger partial charge >= 0.3 is 54.3 Å². The second-order valence-electron chi connectivity index (χ2n) is 16.8. The first kappa shape index (κ1) is 74.7. The summed E-state index contributed by atoms with van der Waals surface area (Å²) in [6.45, 7) is 0. The molecule has 4 heterocycles. The number of fused-ring (bicyclic) bond motifs is 3. The van der Waals surface area contributed by atoms with Gasteiger partial charge in [0.05, 0.1) is 73.4 Å². The van der Waals surface area contributed by atoms with Crippen molar-refractivity contribution in [2.24, 2.45) is 0 Å². The molecule has 0 spiro atoms. The predicted octanol–water partition coefficient (Wildman–Crippen LogP) is 4.37. The maximum Gasteiger partial charge on any atom is 1.00 e. The summed E-state index contributed by atoms with van der Waals surface area (Å²) in [5.41, 5.74) is 7.12. The number of nitrogen functional groups attached to an aromatic ring is 1. The molecule has 0 saturated heterocycles. The molecule has 0 aliphatic heterocycles. The van der Waals surface area contributed by atoms with Crippen molar-refractivity contribution in [1.82, 2.24) is 34.9 Å². The number of nitrogens with one attached hydrogen (secondary N) is 3. The summed E-state index contributed by atoms with van der Waals surface area (Å²) in [6.07, 6.45) is 2.98. The molecule has 456 valence electrons. The van der Waals surface area contributed by atoms with Crippen LogP contribution in [0, 0.1) is 10.1 Å². The van der Waals surface area contributed by atoms with Gasteiger partial charge in [0.1, 0.15) is 39.5 Å². The second kappa shape index (κ2) is 37.3. The van der Waals surface area contributed by atoms with Crippen LogP contribution in [0.4, 0.5) is 17.1 Å². The summed E-state index contributed by atoms with van der Waals surface area (Å²) in [6, 6.07) is 36.8. The summed E-state index contributed by atoms with van der Waals surface area (Å²) in [5, 5.41) is 47.0. The number of aromatic nitrogens is 7. The molecule has 0 radical (unpaired) electrons. The number of pyridine rings is 1. The average Bonchev–Trinajstić information content (AvgIpc) is 1.89. The van der Waals surface area contributed by atoms with Crippen molar-refractivity contribution in [2.45, 2.75) is 0 Å². The van der Waals surface area contributed by atoms with Gasteiger partial charge in [-0.2, -0.15) is 0 Å². The van der Waals surface area contributed by atoms with Gasteiger partial charge < -0.3 is 65.0 Å². The minimum absolute atomic E-state index is 0. The van der Waals surface area contributed by atoms with Crippen LogP contribution in [0.2, 0.25) is 15.7 Å². The summed E-state index contributed by atoms with van der Waals surface area (Å²) in [7, 11) is 10.1. The number of anilines is 2. The van der Waals surface area contributed by atoms with Crippen LogP contribution < -0.4 is 86.1 Å². The normalized spacial score (nSPS) is 9.64. The van der Waals surface area contributed by atoms with Gasteiger partial charge in [-0.15, -0.1) is 0 Å². The van der Waals surface area contributed by atoms with Crippen molar-refractivity contribution in [1.29, 1.82) is 0 Å². The second-order valence-corrected chi connectivity index (χ2v) is 17.9. The van der Waals surface area contributed by atoms with Crippen LogP contribution in [0.5, 0.6) is 28.7 Å². The van der Waals surface area contributed by atoms with Crippen LogP contribution in [-0.2, 0) is 0 Å². The number of carbonyl (C=O) groups is 2. The van der Waals surface area contributed by atoms with Crippen LogP contribution in [0.15, 0.2) is 160 Å². The third-order valence-electron chi connectivity index (χ3n) is 11.0. The Labute approximate surface area is 537 Å². The molecule has 6 aromatic carbocycles. The van der Waals surface area contributed by atoms with E-state index in [1.54, 1.807) is 93.2 Å². The van der Waals surface area contributed by atoms with Crippen molar-refractivity contribution in [2.75, 3.05) is 60.3 Å². The number of hydrogen-bond donors (Lipinski definition) is 8. The molecule has 0 saturated carbocycles. The molecule has 0 atom stereocenters. The number of methoxy groups -OCH3 is 5. The van der Waals surface area contributed by atoms with E-state index in [0.717, 1.165) is 17.5 Å². The minimum atomic E-state index is -1.40. The molecule has 0 aliphatic rings. The van der Waals surface area contributed by atoms with Crippen molar-refractivity contribution in [3.8, 4) is 28.7 Å². The first-order chi connectivity index (χ1) is 40.9. The number of para-hydroxylation sites is 1. The van der Waals surface area contributed by atoms with Gasteiger partial charge in [-0.25, -0.2) is 29.3 Å². The number of halogens is 3. The number of ether oxygens (including phenoxy) is 5. The van der Waals surface area contributed by atoms with E-state index in [1.807, 2.05) is 32.3 Å². The van der Waals surface area contributed by atoms with Gasteiger partial charge in [-0.05, 0) is 120 Å². The number of aromatic carboxylic acids is 2. The van der Waals surface area contributed by atoms with Crippen molar-refractivity contribution < 1.29 is 93.5 Å². The Morgan fingerprint density at radius 3 is 1.59 bits per heavy atom. The topological polar surface area (TPSA) is 414 Å². The predicted molar refractivity (Wildman–Crippen MR) is 330 cm³/mol. The van der Waals surface area contributed by atoms with Gasteiger partial charge in [-0.1, -0.05) is 35.9 Å². The van der Waals surface area contributed by atoms with E-state index in [4.69, 9.17) is 84.5 Å². The Kier molecular flexibility index (Phi) is 31.6. The number of nitro groups is 1. The molecule has 4 aromatic heterocycles. The fourth-order valence-corrected chi connectivity index (χ4v) is 7.36. The molecule has 0 unspecified atom stereocenters. The average molecular weight is 1280 g/mol. The maximum absolute atomic E-state index is 11.4. The number of carboxylic acid groups (broad SMARTS) is 2. The zero-order valence-corrected chi connectivity index (χ0v) is 52.2. The van der Waals surface area contributed by atoms with Crippen LogP contribution in [-0.4, -0.2) is 134 Å². The summed E-state index contributed by atoms with van der Waals surface area (Å²) in [4.78, 5) is 89.2. The first-order valence-electron chi connectivity index (χ1n) is 24.4. The molecule has 88 heavy (non-hydrogen) atoms. The van der Waals surface area contributed by atoms with E-state index in [1.165, 1.54) is 51.4 Å². The van der Waals surface area contributed by atoms with Gasteiger partial charge in [0.15, 0.2) is 0 Å². The van der Waals surface area contributed by atoms with Crippen molar-refractivity contribution in [3.63, 3.8) is 0 Å². The molecule has 10 rings (SSSR count). The quantitative estimate of drug-likeness (QED) is 0.0235. The number of aromatic amines is 3. The molecule has 0 amide bonds. The fraction of sp³-hybridized carbons (Fsp3) is 0.125. The van der Waals surface area contributed by atoms with Gasteiger partial charge in [0, 0.05) is 60.8 Å². The molecular formula is C56H55BCl3N10NaO17. The Hall–Kier alpha value is -9.36. The monoisotopic (exact) mass is 1280 g/mol. The number of rotatable bonds is 10.